The van der Waals surface area contributed by atoms with E-state index in [1.54, 1.807) is 0 Å². The molecule has 0 fully saturated rings. The molecular weight excluding hydrogens is 236 g/mol. The van der Waals surface area contributed by atoms with E-state index in [0.717, 1.165) is 12.0 Å². The minimum absolute atomic E-state index is 0.264. The number of halogens is 1. The molecule has 1 heterocycles. The van der Waals surface area contributed by atoms with Gasteiger partial charge in [0.05, 0.1) is 12.2 Å². The van der Waals surface area contributed by atoms with Crippen molar-refractivity contribution >= 4 is 11.6 Å². The summed E-state index contributed by atoms with van der Waals surface area (Å²) in [4.78, 5) is 8.17. The molecule has 0 radical (unpaired) electrons. The van der Waals surface area contributed by atoms with Gasteiger partial charge in [0, 0.05) is 0 Å². The highest BCUT2D eigenvalue weighted by molar-refractivity contribution is 6.30. The number of aromatic nitrogens is 2. The van der Waals surface area contributed by atoms with Crippen LogP contribution in [-0.2, 0) is 0 Å². The van der Waals surface area contributed by atoms with Crippen molar-refractivity contribution in [3.05, 3.63) is 17.0 Å². The van der Waals surface area contributed by atoms with E-state index >= 15 is 0 Å². The monoisotopic (exact) mass is 256 g/mol. The SMILES string of the molecule is CCCC(C)COc1ncnc(Cl)c1C(C)C. The van der Waals surface area contributed by atoms with Gasteiger partial charge in [0.1, 0.15) is 11.5 Å². The van der Waals surface area contributed by atoms with E-state index in [1.807, 2.05) is 0 Å². The Morgan fingerprint density at radius 2 is 2.00 bits per heavy atom. The van der Waals surface area contributed by atoms with Gasteiger partial charge in [-0.15, -0.1) is 0 Å². The number of nitrogens with zero attached hydrogens (tertiary/aromatic N) is 2. The minimum Gasteiger partial charge on any atom is -0.477 e. The number of ether oxygens (including phenoxy) is 1. The normalized spacial score (nSPS) is 12.8. The largest absolute Gasteiger partial charge is 0.477 e. The van der Waals surface area contributed by atoms with E-state index in [4.69, 9.17) is 16.3 Å². The van der Waals surface area contributed by atoms with Crippen LogP contribution in [0.5, 0.6) is 5.88 Å². The highest BCUT2D eigenvalue weighted by Crippen LogP contribution is 2.29. The van der Waals surface area contributed by atoms with Crippen molar-refractivity contribution in [3.63, 3.8) is 0 Å². The van der Waals surface area contributed by atoms with Crippen molar-refractivity contribution in [2.45, 2.75) is 46.5 Å². The molecule has 1 atom stereocenters. The van der Waals surface area contributed by atoms with Crippen LogP contribution in [0.25, 0.3) is 0 Å². The molecule has 0 saturated heterocycles. The molecule has 0 saturated carbocycles. The first-order chi connectivity index (χ1) is 8.06. The molecule has 17 heavy (non-hydrogen) atoms. The Morgan fingerprint density at radius 3 is 2.59 bits per heavy atom. The number of hydrogen-bond acceptors (Lipinski definition) is 3. The molecule has 0 aromatic carbocycles. The van der Waals surface area contributed by atoms with Crippen molar-refractivity contribution < 1.29 is 4.74 Å². The van der Waals surface area contributed by atoms with Gasteiger partial charge < -0.3 is 4.74 Å². The molecule has 1 rings (SSSR count). The Balaban J connectivity index is 2.73. The summed E-state index contributed by atoms with van der Waals surface area (Å²) in [6, 6.07) is 0. The topological polar surface area (TPSA) is 35.0 Å². The third-order valence-corrected chi connectivity index (χ3v) is 2.96. The molecule has 4 heteroatoms. The van der Waals surface area contributed by atoms with Crippen LogP contribution in [0.4, 0.5) is 0 Å². The van der Waals surface area contributed by atoms with Gasteiger partial charge in [-0.1, -0.05) is 45.7 Å². The third-order valence-electron chi connectivity index (χ3n) is 2.66. The van der Waals surface area contributed by atoms with E-state index in [0.29, 0.717) is 23.6 Å². The van der Waals surface area contributed by atoms with Crippen molar-refractivity contribution in [1.82, 2.24) is 9.97 Å². The molecule has 1 aromatic rings. The predicted molar refractivity (Wildman–Crippen MR) is 70.7 cm³/mol. The van der Waals surface area contributed by atoms with Gasteiger partial charge in [-0.05, 0) is 18.3 Å². The number of hydrogen-bond donors (Lipinski definition) is 0. The van der Waals surface area contributed by atoms with Crippen molar-refractivity contribution in [3.8, 4) is 5.88 Å². The van der Waals surface area contributed by atoms with Gasteiger partial charge in [-0.3, -0.25) is 0 Å². The Labute approximate surface area is 109 Å². The number of rotatable bonds is 6. The highest BCUT2D eigenvalue weighted by Gasteiger charge is 2.15. The lowest BCUT2D eigenvalue weighted by atomic mass is 10.1. The summed E-state index contributed by atoms with van der Waals surface area (Å²) in [5.41, 5.74) is 0.901. The van der Waals surface area contributed by atoms with E-state index in [9.17, 15) is 0 Å². The maximum absolute atomic E-state index is 6.07. The summed E-state index contributed by atoms with van der Waals surface area (Å²) in [6.45, 7) is 9.17. The van der Waals surface area contributed by atoms with E-state index in [1.165, 1.54) is 12.7 Å². The first-order valence-electron chi connectivity index (χ1n) is 6.19. The predicted octanol–water partition coefficient (Wildman–Crippen LogP) is 4.07. The molecule has 1 unspecified atom stereocenters. The fourth-order valence-electron chi connectivity index (χ4n) is 1.76. The molecule has 0 N–H and O–H groups in total. The second kappa shape index (κ2) is 6.80. The fraction of sp³-hybridized carbons (Fsp3) is 0.692. The Kier molecular flexibility index (Phi) is 5.69. The van der Waals surface area contributed by atoms with Crippen LogP contribution in [0.1, 0.15) is 52.0 Å². The molecule has 3 nitrogen and oxygen atoms in total. The lowest BCUT2D eigenvalue weighted by molar-refractivity contribution is 0.239. The standard InChI is InChI=1S/C13H21ClN2O/c1-5-6-10(4)7-17-13-11(9(2)3)12(14)15-8-16-13/h8-10H,5-7H2,1-4H3. The zero-order valence-corrected chi connectivity index (χ0v) is 11.8. The van der Waals surface area contributed by atoms with Crippen LogP contribution in [0, 0.1) is 5.92 Å². The molecular formula is C13H21ClN2O. The summed E-state index contributed by atoms with van der Waals surface area (Å²) in [7, 11) is 0. The first-order valence-corrected chi connectivity index (χ1v) is 6.57. The van der Waals surface area contributed by atoms with Crippen molar-refractivity contribution in [2.24, 2.45) is 5.92 Å². The van der Waals surface area contributed by atoms with Gasteiger partial charge in [0.15, 0.2) is 0 Å². The lowest BCUT2D eigenvalue weighted by Gasteiger charge is -2.16. The third kappa shape index (κ3) is 4.15. The van der Waals surface area contributed by atoms with E-state index < -0.39 is 0 Å². The van der Waals surface area contributed by atoms with Crippen LogP contribution in [0.15, 0.2) is 6.33 Å². The minimum atomic E-state index is 0.264. The van der Waals surface area contributed by atoms with Crippen LogP contribution in [-0.4, -0.2) is 16.6 Å². The van der Waals surface area contributed by atoms with Crippen molar-refractivity contribution in [1.29, 1.82) is 0 Å². The summed E-state index contributed by atoms with van der Waals surface area (Å²) >= 11 is 6.07. The summed E-state index contributed by atoms with van der Waals surface area (Å²) in [5, 5.41) is 0.494. The Hall–Kier alpha value is -0.830. The average molecular weight is 257 g/mol. The van der Waals surface area contributed by atoms with Gasteiger partial charge in [-0.2, -0.15) is 0 Å². The van der Waals surface area contributed by atoms with Crippen LogP contribution in [0.3, 0.4) is 0 Å². The van der Waals surface area contributed by atoms with Crippen LogP contribution >= 0.6 is 11.6 Å². The fourth-order valence-corrected chi connectivity index (χ4v) is 2.10. The second-order valence-electron chi connectivity index (χ2n) is 4.74. The quantitative estimate of drug-likeness (QED) is 0.720. The average Bonchev–Trinajstić information content (AvgIpc) is 2.26. The van der Waals surface area contributed by atoms with Crippen LogP contribution in [0.2, 0.25) is 5.15 Å². The summed E-state index contributed by atoms with van der Waals surface area (Å²) < 4.78 is 5.76. The first kappa shape index (κ1) is 14.2. The maximum atomic E-state index is 6.07. The summed E-state index contributed by atoms with van der Waals surface area (Å²) in [5.74, 6) is 1.43. The van der Waals surface area contributed by atoms with Gasteiger partial charge in [0.2, 0.25) is 5.88 Å². The molecule has 0 spiro atoms. The molecule has 0 aliphatic carbocycles. The second-order valence-corrected chi connectivity index (χ2v) is 5.10. The zero-order chi connectivity index (χ0) is 12.8. The highest BCUT2D eigenvalue weighted by atomic mass is 35.5. The molecule has 0 aliphatic heterocycles. The van der Waals surface area contributed by atoms with E-state index in [2.05, 4.69) is 37.7 Å². The lowest BCUT2D eigenvalue weighted by Crippen LogP contribution is -2.11. The van der Waals surface area contributed by atoms with Gasteiger partial charge in [-0.25, -0.2) is 9.97 Å². The Morgan fingerprint density at radius 1 is 1.29 bits per heavy atom. The summed E-state index contributed by atoms with van der Waals surface area (Å²) in [6.07, 6.45) is 3.79. The van der Waals surface area contributed by atoms with Gasteiger partial charge in [0.25, 0.3) is 0 Å². The Bertz CT molecular complexity index is 355. The molecule has 0 amide bonds. The molecule has 1 aromatic heterocycles. The maximum Gasteiger partial charge on any atom is 0.221 e. The smallest absolute Gasteiger partial charge is 0.221 e. The molecule has 0 bridgehead atoms. The zero-order valence-electron chi connectivity index (χ0n) is 11.0. The van der Waals surface area contributed by atoms with Gasteiger partial charge >= 0.3 is 0 Å². The molecule has 0 aliphatic rings. The molecule has 96 valence electrons. The van der Waals surface area contributed by atoms with Crippen LogP contribution < -0.4 is 4.74 Å². The van der Waals surface area contributed by atoms with E-state index in [-0.39, 0.29) is 5.92 Å². The van der Waals surface area contributed by atoms with Crippen molar-refractivity contribution in [2.75, 3.05) is 6.61 Å².